The summed E-state index contributed by atoms with van der Waals surface area (Å²) in [5.74, 6) is 0.155. The molecule has 2 aromatic heterocycles. The summed E-state index contributed by atoms with van der Waals surface area (Å²) in [6, 6.07) is 6.85. The van der Waals surface area contributed by atoms with Crippen LogP contribution in [0.25, 0.3) is 11.2 Å². The molecule has 0 aliphatic carbocycles. The minimum Gasteiger partial charge on any atom is -0.308 e. The quantitative estimate of drug-likeness (QED) is 0.669. The first kappa shape index (κ1) is 18.0. The van der Waals surface area contributed by atoms with Gasteiger partial charge >= 0.3 is 0 Å². The maximum Gasteiger partial charge on any atom is 0.177 e. The monoisotopic (exact) mass is 368 g/mol. The van der Waals surface area contributed by atoms with Crippen molar-refractivity contribution in [1.82, 2.24) is 29.5 Å². The molecule has 0 spiro atoms. The molecule has 1 atom stereocenters. The van der Waals surface area contributed by atoms with Crippen LogP contribution in [-0.2, 0) is 13.1 Å². The van der Waals surface area contributed by atoms with Gasteiger partial charge in [0.15, 0.2) is 5.65 Å². The Labute approximate surface area is 158 Å². The summed E-state index contributed by atoms with van der Waals surface area (Å²) in [5.41, 5.74) is 3.82. The lowest BCUT2D eigenvalue weighted by Gasteiger charge is -2.15. The van der Waals surface area contributed by atoms with Gasteiger partial charge in [0, 0.05) is 37.9 Å². The van der Waals surface area contributed by atoms with Crippen molar-refractivity contribution in [1.29, 1.82) is 0 Å². The van der Waals surface area contributed by atoms with Crippen LogP contribution in [0, 0.1) is 5.82 Å². The highest BCUT2D eigenvalue weighted by Gasteiger charge is 2.29. The van der Waals surface area contributed by atoms with Crippen molar-refractivity contribution in [3.05, 3.63) is 53.7 Å². The van der Waals surface area contributed by atoms with E-state index in [-0.39, 0.29) is 5.82 Å². The van der Waals surface area contributed by atoms with E-state index >= 15 is 0 Å². The van der Waals surface area contributed by atoms with Gasteiger partial charge in [-0.15, -0.1) is 0 Å². The summed E-state index contributed by atoms with van der Waals surface area (Å²) >= 11 is 0. The van der Waals surface area contributed by atoms with Crippen LogP contribution in [0.1, 0.15) is 23.6 Å². The number of benzene rings is 1. The molecule has 0 radical (unpaired) electrons. The normalized spacial score (nSPS) is 18.0. The van der Waals surface area contributed by atoms with E-state index in [0.717, 1.165) is 61.6 Å². The Morgan fingerprint density at radius 1 is 1.22 bits per heavy atom. The number of likely N-dealkylation sites (N-methyl/N-ethyl adjacent to an activating group) is 1. The van der Waals surface area contributed by atoms with Gasteiger partial charge in [-0.25, -0.2) is 19.0 Å². The molecule has 3 aromatic rings. The molecule has 1 fully saturated rings. The van der Waals surface area contributed by atoms with Crippen LogP contribution >= 0.6 is 0 Å². The molecular weight excluding hydrogens is 343 g/mol. The minimum atomic E-state index is -0.177. The largest absolute Gasteiger partial charge is 0.308 e. The fourth-order valence-corrected chi connectivity index (χ4v) is 3.74. The van der Waals surface area contributed by atoms with Gasteiger partial charge < -0.3 is 4.90 Å². The Balaban J connectivity index is 1.52. The van der Waals surface area contributed by atoms with Gasteiger partial charge in [0.25, 0.3) is 0 Å². The van der Waals surface area contributed by atoms with E-state index in [2.05, 4.69) is 33.9 Å². The fourth-order valence-electron chi connectivity index (χ4n) is 3.74. The zero-order chi connectivity index (χ0) is 18.8. The Morgan fingerprint density at radius 3 is 2.89 bits per heavy atom. The van der Waals surface area contributed by atoms with Gasteiger partial charge in [0.2, 0.25) is 0 Å². The van der Waals surface area contributed by atoms with Crippen LogP contribution in [0.5, 0.6) is 0 Å². The summed E-state index contributed by atoms with van der Waals surface area (Å²) < 4.78 is 15.4. The van der Waals surface area contributed by atoms with Gasteiger partial charge in [-0.2, -0.15) is 5.10 Å². The van der Waals surface area contributed by atoms with E-state index in [0.29, 0.717) is 5.92 Å². The molecule has 3 heterocycles. The van der Waals surface area contributed by atoms with E-state index in [1.54, 1.807) is 24.5 Å². The van der Waals surface area contributed by atoms with Crippen LogP contribution in [0.2, 0.25) is 0 Å². The van der Waals surface area contributed by atoms with E-state index in [9.17, 15) is 4.39 Å². The van der Waals surface area contributed by atoms with Gasteiger partial charge in [0.1, 0.15) is 11.3 Å². The van der Waals surface area contributed by atoms with Crippen molar-refractivity contribution in [3.8, 4) is 0 Å². The third-order valence-corrected chi connectivity index (χ3v) is 5.11. The zero-order valence-corrected chi connectivity index (χ0v) is 15.8. The standard InChI is InChI=1S/C20H25FN6/c1-25(2)10-11-27-20-19(22-7-8-23-20)18(24-27)16-6-9-26(14-16)13-15-4-3-5-17(21)12-15/h3-5,7-8,12,16H,6,9-11,13-14H2,1-2H3. The molecule has 1 unspecified atom stereocenters. The molecule has 7 heteroatoms. The SMILES string of the molecule is CN(C)CCn1nc(C2CCN(Cc3cccc(F)c3)C2)c2nccnc21. The molecule has 1 aromatic carbocycles. The van der Waals surface area contributed by atoms with Crippen molar-refractivity contribution >= 4 is 11.2 Å². The van der Waals surface area contributed by atoms with E-state index in [4.69, 9.17) is 5.10 Å². The highest BCUT2D eigenvalue weighted by atomic mass is 19.1. The molecule has 1 saturated heterocycles. The van der Waals surface area contributed by atoms with Gasteiger partial charge in [-0.1, -0.05) is 12.1 Å². The average molecular weight is 368 g/mol. The summed E-state index contributed by atoms with van der Waals surface area (Å²) in [6.07, 6.45) is 4.50. The smallest absolute Gasteiger partial charge is 0.177 e. The highest BCUT2D eigenvalue weighted by molar-refractivity contribution is 5.73. The molecule has 0 saturated carbocycles. The first-order chi connectivity index (χ1) is 13.1. The molecule has 27 heavy (non-hydrogen) atoms. The maximum atomic E-state index is 13.4. The Bertz CT molecular complexity index is 922. The number of aromatic nitrogens is 4. The Hall–Kier alpha value is -2.38. The van der Waals surface area contributed by atoms with Crippen LogP contribution in [0.4, 0.5) is 4.39 Å². The number of rotatable bonds is 6. The molecule has 0 amide bonds. The Kier molecular flexibility index (Phi) is 5.13. The summed E-state index contributed by atoms with van der Waals surface area (Å²) in [4.78, 5) is 13.6. The highest BCUT2D eigenvalue weighted by Crippen LogP contribution is 2.31. The van der Waals surface area contributed by atoms with E-state index in [1.165, 1.54) is 6.07 Å². The van der Waals surface area contributed by atoms with Crippen molar-refractivity contribution in [3.63, 3.8) is 0 Å². The summed E-state index contributed by atoms with van der Waals surface area (Å²) in [5, 5.41) is 4.88. The van der Waals surface area contributed by atoms with Crippen molar-refractivity contribution in [2.45, 2.75) is 25.4 Å². The molecular formula is C20H25FN6. The molecule has 1 aliphatic heterocycles. The van der Waals surface area contributed by atoms with Gasteiger partial charge in [-0.3, -0.25) is 4.90 Å². The van der Waals surface area contributed by atoms with Crippen molar-refractivity contribution in [2.75, 3.05) is 33.7 Å². The number of likely N-dealkylation sites (tertiary alicyclic amines) is 1. The summed E-state index contributed by atoms with van der Waals surface area (Å²) in [7, 11) is 4.11. The van der Waals surface area contributed by atoms with Crippen LogP contribution in [0.15, 0.2) is 36.7 Å². The molecule has 0 bridgehead atoms. The second kappa shape index (κ2) is 7.70. The topological polar surface area (TPSA) is 50.1 Å². The minimum absolute atomic E-state index is 0.177. The predicted octanol–water partition coefficient (Wildman–Crippen LogP) is 2.52. The second-order valence-corrected chi connectivity index (χ2v) is 7.49. The average Bonchev–Trinajstić information content (AvgIpc) is 3.24. The van der Waals surface area contributed by atoms with E-state index < -0.39 is 0 Å². The van der Waals surface area contributed by atoms with Crippen molar-refractivity contribution in [2.24, 2.45) is 0 Å². The maximum absolute atomic E-state index is 13.4. The van der Waals surface area contributed by atoms with Gasteiger partial charge in [0.05, 0.1) is 12.2 Å². The summed E-state index contributed by atoms with van der Waals surface area (Å²) in [6.45, 7) is 4.35. The first-order valence-electron chi connectivity index (χ1n) is 9.39. The van der Waals surface area contributed by atoms with Gasteiger partial charge in [-0.05, 0) is 44.8 Å². The molecule has 142 valence electrons. The first-order valence-corrected chi connectivity index (χ1v) is 9.39. The number of halogens is 1. The van der Waals surface area contributed by atoms with Crippen LogP contribution < -0.4 is 0 Å². The predicted molar refractivity (Wildman–Crippen MR) is 103 cm³/mol. The van der Waals surface area contributed by atoms with E-state index in [1.807, 2.05) is 10.7 Å². The number of hydrogen-bond donors (Lipinski definition) is 0. The molecule has 0 N–H and O–H groups in total. The molecule has 4 rings (SSSR count). The van der Waals surface area contributed by atoms with Crippen molar-refractivity contribution < 1.29 is 4.39 Å². The fraction of sp³-hybridized carbons (Fsp3) is 0.450. The molecule has 6 nitrogen and oxygen atoms in total. The number of nitrogens with zero attached hydrogens (tertiary/aromatic N) is 6. The molecule has 1 aliphatic rings. The lowest BCUT2D eigenvalue weighted by molar-refractivity contribution is 0.325. The third-order valence-electron chi connectivity index (χ3n) is 5.11. The lowest BCUT2D eigenvalue weighted by Crippen LogP contribution is -2.20. The lowest BCUT2D eigenvalue weighted by atomic mass is 10.0. The number of hydrogen-bond acceptors (Lipinski definition) is 5. The van der Waals surface area contributed by atoms with Crippen LogP contribution in [-0.4, -0.2) is 63.3 Å². The Morgan fingerprint density at radius 2 is 2.07 bits per heavy atom. The zero-order valence-electron chi connectivity index (χ0n) is 15.8. The van der Waals surface area contributed by atoms with Crippen LogP contribution in [0.3, 0.4) is 0 Å². The third kappa shape index (κ3) is 3.99. The number of fused-ring (bicyclic) bond motifs is 1. The second-order valence-electron chi connectivity index (χ2n) is 7.49.